The van der Waals surface area contributed by atoms with Gasteiger partial charge in [-0.2, -0.15) is 0 Å². The van der Waals surface area contributed by atoms with Gasteiger partial charge in [-0.15, -0.1) is 0 Å². The van der Waals surface area contributed by atoms with Crippen molar-refractivity contribution in [3.05, 3.63) is 18.2 Å². The van der Waals surface area contributed by atoms with Crippen LogP contribution in [0.5, 0.6) is 0 Å². The molecule has 0 radical (unpaired) electrons. The van der Waals surface area contributed by atoms with Gasteiger partial charge in [0.1, 0.15) is 11.6 Å². The molecule has 1 fully saturated rings. The van der Waals surface area contributed by atoms with Gasteiger partial charge in [0, 0.05) is 44.2 Å². The van der Waals surface area contributed by atoms with Crippen molar-refractivity contribution >= 4 is 5.78 Å². The number of aromatic nitrogens is 2. The number of Topliss-reactive ketones (excluding diaryl/α,β-unsaturated/α-hetero) is 1. The first-order valence-corrected chi connectivity index (χ1v) is 5.93. The van der Waals surface area contributed by atoms with E-state index >= 15 is 0 Å². The molecule has 1 aliphatic rings. The molecule has 4 nitrogen and oxygen atoms in total. The molecule has 2 rings (SSSR count). The fraction of sp³-hybridized carbons (Fsp3) is 0.667. The van der Waals surface area contributed by atoms with Crippen LogP contribution in [0.15, 0.2) is 12.4 Å². The molecular weight excluding hydrogens is 202 g/mol. The summed E-state index contributed by atoms with van der Waals surface area (Å²) in [6, 6.07) is 0.0915. The number of rotatable bonds is 4. The Morgan fingerprint density at radius 1 is 1.62 bits per heavy atom. The second-order valence-corrected chi connectivity index (χ2v) is 4.62. The van der Waals surface area contributed by atoms with E-state index in [2.05, 4.69) is 4.98 Å². The molecule has 4 heteroatoms. The highest BCUT2D eigenvalue weighted by molar-refractivity contribution is 5.82. The zero-order chi connectivity index (χ0) is 11.5. The number of nitrogens with zero attached hydrogens (tertiary/aromatic N) is 2. The van der Waals surface area contributed by atoms with Crippen molar-refractivity contribution in [2.45, 2.75) is 38.1 Å². The largest absolute Gasteiger partial charge is 0.338 e. The number of hydrogen-bond acceptors (Lipinski definition) is 3. The van der Waals surface area contributed by atoms with Crippen molar-refractivity contribution < 1.29 is 4.79 Å². The SMILES string of the molecule is Cn1ccnc1CCC(=O)C1CCCC1N. The predicted octanol–water partition coefficient (Wildman–Crippen LogP) is 1.05. The van der Waals surface area contributed by atoms with Gasteiger partial charge in [-0.1, -0.05) is 6.42 Å². The Hall–Kier alpha value is -1.16. The van der Waals surface area contributed by atoms with Gasteiger partial charge >= 0.3 is 0 Å². The lowest BCUT2D eigenvalue weighted by molar-refractivity contribution is -0.123. The third-order valence-electron chi connectivity index (χ3n) is 3.50. The summed E-state index contributed by atoms with van der Waals surface area (Å²) in [4.78, 5) is 16.2. The molecular formula is C12H19N3O. The van der Waals surface area contributed by atoms with Crippen molar-refractivity contribution in [1.29, 1.82) is 0 Å². The van der Waals surface area contributed by atoms with Gasteiger partial charge in [0.15, 0.2) is 0 Å². The molecule has 0 saturated heterocycles. The van der Waals surface area contributed by atoms with E-state index in [1.54, 1.807) is 6.20 Å². The minimum absolute atomic E-state index is 0.0915. The van der Waals surface area contributed by atoms with E-state index in [0.717, 1.165) is 31.5 Å². The molecule has 2 atom stereocenters. The minimum atomic E-state index is 0.0915. The maximum absolute atomic E-state index is 11.9. The van der Waals surface area contributed by atoms with Crippen LogP contribution in [0.1, 0.15) is 31.5 Å². The average molecular weight is 221 g/mol. The normalized spacial score (nSPS) is 24.9. The first kappa shape index (κ1) is 11.3. The molecule has 1 aromatic rings. The van der Waals surface area contributed by atoms with Crippen LogP contribution in [0.2, 0.25) is 0 Å². The summed E-state index contributed by atoms with van der Waals surface area (Å²) in [6.45, 7) is 0. The van der Waals surface area contributed by atoms with Crippen LogP contribution in [0, 0.1) is 5.92 Å². The molecule has 1 aromatic heterocycles. The second-order valence-electron chi connectivity index (χ2n) is 4.62. The van der Waals surface area contributed by atoms with Crippen LogP contribution >= 0.6 is 0 Å². The van der Waals surface area contributed by atoms with E-state index in [-0.39, 0.29) is 12.0 Å². The Labute approximate surface area is 95.9 Å². The van der Waals surface area contributed by atoms with Crippen LogP contribution in [-0.4, -0.2) is 21.4 Å². The van der Waals surface area contributed by atoms with Gasteiger partial charge in [0.25, 0.3) is 0 Å². The summed E-state index contributed by atoms with van der Waals surface area (Å²) in [7, 11) is 1.95. The van der Waals surface area contributed by atoms with Crippen LogP contribution in [0.3, 0.4) is 0 Å². The highest BCUT2D eigenvalue weighted by Crippen LogP contribution is 2.26. The monoisotopic (exact) mass is 221 g/mol. The van der Waals surface area contributed by atoms with Crippen LogP contribution < -0.4 is 5.73 Å². The van der Waals surface area contributed by atoms with Gasteiger partial charge in [0.05, 0.1) is 0 Å². The number of carbonyl (C=O) groups excluding carboxylic acids is 1. The quantitative estimate of drug-likeness (QED) is 0.826. The predicted molar refractivity (Wildman–Crippen MR) is 61.9 cm³/mol. The number of hydrogen-bond donors (Lipinski definition) is 1. The molecule has 0 bridgehead atoms. The Morgan fingerprint density at radius 3 is 3.00 bits per heavy atom. The summed E-state index contributed by atoms with van der Waals surface area (Å²) in [5.41, 5.74) is 5.92. The number of ketones is 1. The van der Waals surface area contributed by atoms with Crippen LogP contribution in [0.25, 0.3) is 0 Å². The number of aryl methyl sites for hydroxylation is 2. The maximum Gasteiger partial charge on any atom is 0.137 e. The molecule has 1 saturated carbocycles. The second kappa shape index (κ2) is 4.78. The van der Waals surface area contributed by atoms with Gasteiger partial charge in [0.2, 0.25) is 0 Å². The highest BCUT2D eigenvalue weighted by atomic mass is 16.1. The van der Waals surface area contributed by atoms with Crippen LogP contribution in [-0.2, 0) is 18.3 Å². The van der Waals surface area contributed by atoms with E-state index in [9.17, 15) is 4.79 Å². The first-order chi connectivity index (χ1) is 7.68. The minimum Gasteiger partial charge on any atom is -0.338 e. The van der Waals surface area contributed by atoms with Crippen molar-refractivity contribution in [3.63, 3.8) is 0 Å². The Bertz CT molecular complexity index is 372. The molecule has 2 unspecified atom stereocenters. The van der Waals surface area contributed by atoms with Gasteiger partial charge in [-0.3, -0.25) is 4.79 Å². The van der Waals surface area contributed by atoms with Gasteiger partial charge in [-0.25, -0.2) is 4.98 Å². The fourth-order valence-electron chi connectivity index (χ4n) is 2.45. The molecule has 0 aliphatic heterocycles. The average Bonchev–Trinajstić information content (AvgIpc) is 2.84. The molecule has 0 aromatic carbocycles. The number of imidazole rings is 1. The molecule has 2 N–H and O–H groups in total. The number of nitrogens with two attached hydrogens (primary N) is 1. The standard InChI is InChI=1S/C12H19N3O/c1-15-8-7-14-12(15)6-5-11(16)9-3-2-4-10(9)13/h7-10H,2-6,13H2,1H3. The third-order valence-corrected chi connectivity index (χ3v) is 3.50. The number of carbonyl (C=O) groups is 1. The summed E-state index contributed by atoms with van der Waals surface area (Å²) >= 11 is 0. The molecule has 16 heavy (non-hydrogen) atoms. The van der Waals surface area contributed by atoms with E-state index in [1.807, 2.05) is 17.8 Å². The van der Waals surface area contributed by atoms with E-state index in [4.69, 9.17) is 5.73 Å². The molecule has 88 valence electrons. The van der Waals surface area contributed by atoms with Crippen LogP contribution in [0.4, 0.5) is 0 Å². The summed E-state index contributed by atoms with van der Waals surface area (Å²) < 4.78 is 1.96. The van der Waals surface area contributed by atoms with E-state index < -0.39 is 0 Å². The zero-order valence-corrected chi connectivity index (χ0v) is 9.72. The summed E-state index contributed by atoms with van der Waals surface area (Å²) in [5, 5.41) is 0. The first-order valence-electron chi connectivity index (χ1n) is 5.93. The lowest BCUT2D eigenvalue weighted by Crippen LogP contribution is -2.30. The van der Waals surface area contributed by atoms with E-state index in [0.29, 0.717) is 12.2 Å². The summed E-state index contributed by atoms with van der Waals surface area (Å²) in [5.74, 6) is 1.38. The molecule has 0 spiro atoms. The summed E-state index contributed by atoms with van der Waals surface area (Å²) in [6.07, 6.45) is 8.04. The van der Waals surface area contributed by atoms with Crippen molar-refractivity contribution in [2.75, 3.05) is 0 Å². The molecule has 1 aliphatic carbocycles. The smallest absolute Gasteiger partial charge is 0.137 e. The lowest BCUT2D eigenvalue weighted by Gasteiger charge is -2.13. The Morgan fingerprint density at radius 2 is 2.44 bits per heavy atom. The zero-order valence-electron chi connectivity index (χ0n) is 9.72. The topological polar surface area (TPSA) is 60.9 Å². The van der Waals surface area contributed by atoms with Gasteiger partial charge in [-0.05, 0) is 12.8 Å². The molecule has 1 heterocycles. The molecule has 0 amide bonds. The highest BCUT2D eigenvalue weighted by Gasteiger charge is 2.29. The third kappa shape index (κ3) is 2.32. The van der Waals surface area contributed by atoms with Crippen molar-refractivity contribution in [3.8, 4) is 0 Å². The Balaban J connectivity index is 1.86. The lowest BCUT2D eigenvalue weighted by atomic mass is 9.95. The maximum atomic E-state index is 11.9. The van der Waals surface area contributed by atoms with Crippen molar-refractivity contribution in [1.82, 2.24) is 9.55 Å². The fourth-order valence-corrected chi connectivity index (χ4v) is 2.45. The Kier molecular flexibility index (Phi) is 3.39. The van der Waals surface area contributed by atoms with Gasteiger partial charge < -0.3 is 10.3 Å². The van der Waals surface area contributed by atoms with E-state index in [1.165, 1.54) is 0 Å². The van der Waals surface area contributed by atoms with Crippen molar-refractivity contribution in [2.24, 2.45) is 18.7 Å².